The van der Waals surface area contributed by atoms with Crippen molar-refractivity contribution in [2.75, 3.05) is 7.11 Å². The van der Waals surface area contributed by atoms with Gasteiger partial charge < -0.3 is 9.47 Å². The minimum absolute atomic E-state index is 0.271. The molecule has 0 saturated carbocycles. The number of nitrogens with one attached hydrogen (secondary N) is 1. The van der Waals surface area contributed by atoms with Crippen LogP contribution in [-0.4, -0.2) is 25.2 Å². The average molecular weight is 435 g/mol. The number of benzene rings is 3. The van der Waals surface area contributed by atoms with Crippen LogP contribution < -0.4 is 14.9 Å². The standard InChI is InChI=1S/C24H19ClN2O4/c1-30-22-15-18(16-26-27-24(29)19-9-11-20(25)12-10-19)7-13-21(22)31-23(28)14-8-17-5-3-2-4-6-17/h2-16H,1H3,(H,27,29)/b14-8+,26-16-. The van der Waals surface area contributed by atoms with Crippen molar-refractivity contribution in [2.24, 2.45) is 5.10 Å². The van der Waals surface area contributed by atoms with Gasteiger partial charge >= 0.3 is 5.97 Å². The largest absolute Gasteiger partial charge is 0.493 e. The Labute approximate surface area is 184 Å². The highest BCUT2D eigenvalue weighted by atomic mass is 35.5. The number of halogens is 1. The maximum absolute atomic E-state index is 12.1. The van der Waals surface area contributed by atoms with E-state index >= 15 is 0 Å². The summed E-state index contributed by atoms with van der Waals surface area (Å²) in [6.07, 6.45) is 4.47. The number of carbonyl (C=O) groups is 2. The van der Waals surface area contributed by atoms with Gasteiger partial charge in [0.1, 0.15) is 0 Å². The summed E-state index contributed by atoms with van der Waals surface area (Å²) in [7, 11) is 1.47. The van der Waals surface area contributed by atoms with Gasteiger partial charge in [-0.15, -0.1) is 0 Å². The molecule has 0 aliphatic heterocycles. The van der Waals surface area contributed by atoms with E-state index in [1.807, 2.05) is 30.3 Å². The monoisotopic (exact) mass is 434 g/mol. The molecule has 0 heterocycles. The minimum atomic E-state index is -0.529. The lowest BCUT2D eigenvalue weighted by Gasteiger charge is -2.08. The number of nitrogens with zero attached hydrogens (tertiary/aromatic N) is 1. The molecule has 0 aliphatic carbocycles. The summed E-state index contributed by atoms with van der Waals surface area (Å²) >= 11 is 5.81. The lowest BCUT2D eigenvalue weighted by molar-refractivity contribution is -0.129. The predicted octanol–water partition coefficient (Wildman–Crippen LogP) is 4.73. The smallest absolute Gasteiger partial charge is 0.336 e. The Morgan fingerprint density at radius 1 is 0.935 bits per heavy atom. The van der Waals surface area contributed by atoms with Gasteiger partial charge in [0.05, 0.1) is 13.3 Å². The summed E-state index contributed by atoms with van der Waals surface area (Å²) in [5, 5.41) is 4.48. The van der Waals surface area contributed by atoms with Gasteiger partial charge in [-0.05, 0) is 59.7 Å². The maximum atomic E-state index is 12.1. The van der Waals surface area contributed by atoms with Crippen LogP contribution in [0.4, 0.5) is 0 Å². The molecule has 6 nitrogen and oxygen atoms in total. The second-order valence-electron chi connectivity index (χ2n) is 6.28. The van der Waals surface area contributed by atoms with Gasteiger partial charge in [0.25, 0.3) is 5.91 Å². The lowest BCUT2D eigenvalue weighted by Crippen LogP contribution is -2.17. The summed E-state index contributed by atoms with van der Waals surface area (Å²) < 4.78 is 10.6. The van der Waals surface area contributed by atoms with Crippen LogP contribution in [0, 0.1) is 0 Å². The van der Waals surface area contributed by atoms with Gasteiger partial charge in [-0.3, -0.25) is 4.79 Å². The van der Waals surface area contributed by atoms with Gasteiger partial charge in [0.2, 0.25) is 0 Å². The Bertz CT molecular complexity index is 1110. The van der Waals surface area contributed by atoms with Crippen LogP contribution in [0.15, 0.2) is 84.0 Å². The number of ether oxygens (including phenoxy) is 2. The molecule has 0 spiro atoms. The van der Waals surface area contributed by atoms with E-state index in [-0.39, 0.29) is 11.7 Å². The molecule has 156 valence electrons. The second-order valence-corrected chi connectivity index (χ2v) is 6.72. The molecule has 3 rings (SSSR count). The highest BCUT2D eigenvalue weighted by Gasteiger charge is 2.09. The van der Waals surface area contributed by atoms with Crippen molar-refractivity contribution < 1.29 is 19.1 Å². The van der Waals surface area contributed by atoms with E-state index < -0.39 is 5.97 Å². The third-order valence-electron chi connectivity index (χ3n) is 4.10. The molecule has 0 bridgehead atoms. The van der Waals surface area contributed by atoms with Crippen LogP contribution >= 0.6 is 11.6 Å². The third kappa shape index (κ3) is 6.55. The number of hydrazone groups is 1. The molecule has 3 aromatic carbocycles. The molecule has 3 aromatic rings. The van der Waals surface area contributed by atoms with Crippen molar-refractivity contribution in [1.82, 2.24) is 5.43 Å². The van der Waals surface area contributed by atoms with E-state index in [4.69, 9.17) is 21.1 Å². The quantitative estimate of drug-likeness (QED) is 0.192. The zero-order chi connectivity index (χ0) is 22.1. The molecular formula is C24H19ClN2O4. The molecular weight excluding hydrogens is 416 g/mol. The Kier molecular flexibility index (Phi) is 7.56. The van der Waals surface area contributed by atoms with E-state index in [0.29, 0.717) is 21.9 Å². The Morgan fingerprint density at radius 3 is 2.39 bits per heavy atom. The zero-order valence-corrected chi connectivity index (χ0v) is 17.4. The number of rotatable bonds is 7. The number of amides is 1. The van der Waals surface area contributed by atoms with E-state index in [2.05, 4.69) is 10.5 Å². The summed E-state index contributed by atoms with van der Waals surface area (Å²) in [5.74, 6) is -0.267. The van der Waals surface area contributed by atoms with Crippen molar-refractivity contribution in [2.45, 2.75) is 0 Å². The normalized spacial score (nSPS) is 10.9. The number of esters is 1. The lowest BCUT2D eigenvalue weighted by atomic mass is 10.2. The number of methoxy groups -OCH3 is 1. The summed E-state index contributed by atoms with van der Waals surface area (Å²) in [6, 6.07) is 20.8. The molecule has 0 unspecified atom stereocenters. The third-order valence-corrected chi connectivity index (χ3v) is 4.35. The number of hydrogen-bond acceptors (Lipinski definition) is 5. The van der Waals surface area contributed by atoms with Crippen LogP contribution in [0.1, 0.15) is 21.5 Å². The van der Waals surface area contributed by atoms with Crippen molar-refractivity contribution in [3.8, 4) is 11.5 Å². The number of carbonyl (C=O) groups excluding carboxylic acids is 2. The van der Waals surface area contributed by atoms with Gasteiger partial charge in [0.15, 0.2) is 11.5 Å². The topological polar surface area (TPSA) is 77.0 Å². The molecule has 0 atom stereocenters. The van der Waals surface area contributed by atoms with E-state index in [1.54, 1.807) is 48.5 Å². The van der Waals surface area contributed by atoms with Crippen molar-refractivity contribution in [1.29, 1.82) is 0 Å². The van der Waals surface area contributed by atoms with Crippen LogP contribution in [-0.2, 0) is 4.79 Å². The molecule has 0 radical (unpaired) electrons. The first-order chi connectivity index (χ1) is 15.0. The summed E-state index contributed by atoms with van der Waals surface area (Å²) in [5.41, 5.74) is 4.40. The van der Waals surface area contributed by atoms with E-state index in [0.717, 1.165) is 5.56 Å². The SMILES string of the molecule is COc1cc(/C=N\NC(=O)c2ccc(Cl)cc2)ccc1OC(=O)/C=C/c1ccccc1. The van der Waals surface area contributed by atoms with E-state index in [1.165, 1.54) is 19.4 Å². The van der Waals surface area contributed by atoms with Crippen LogP contribution in [0.5, 0.6) is 11.5 Å². The van der Waals surface area contributed by atoms with Gasteiger partial charge in [-0.25, -0.2) is 10.2 Å². The molecule has 0 aliphatic rings. The van der Waals surface area contributed by atoms with Crippen molar-refractivity contribution >= 4 is 35.8 Å². The van der Waals surface area contributed by atoms with Gasteiger partial charge in [-0.1, -0.05) is 41.9 Å². The molecule has 0 fully saturated rings. The molecule has 0 aromatic heterocycles. The minimum Gasteiger partial charge on any atom is -0.493 e. The first-order valence-corrected chi connectivity index (χ1v) is 9.65. The average Bonchev–Trinajstić information content (AvgIpc) is 2.79. The highest BCUT2D eigenvalue weighted by Crippen LogP contribution is 2.27. The number of hydrogen-bond donors (Lipinski definition) is 1. The predicted molar refractivity (Wildman–Crippen MR) is 121 cm³/mol. The molecule has 1 N–H and O–H groups in total. The van der Waals surface area contributed by atoms with Crippen molar-refractivity contribution in [3.63, 3.8) is 0 Å². The highest BCUT2D eigenvalue weighted by molar-refractivity contribution is 6.30. The fourth-order valence-corrected chi connectivity index (χ4v) is 2.68. The summed E-state index contributed by atoms with van der Waals surface area (Å²) in [4.78, 5) is 24.1. The first kappa shape index (κ1) is 21.8. The van der Waals surface area contributed by atoms with Gasteiger partial charge in [-0.2, -0.15) is 5.10 Å². The maximum Gasteiger partial charge on any atom is 0.336 e. The molecule has 7 heteroatoms. The molecule has 1 amide bonds. The van der Waals surface area contributed by atoms with Crippen molar-refractivity contribution in [3.05, 3.63) is 101 Å². The fraction of sp³-hybridized carbons (Fsp3) is 0.0417. The Balaban J connectivity index is 1.61. The molecule has 0 saturated heterocycles. The molecule has 31 heavy (non-hydrogen) atoms. The van der Waals surface area contributed by atoms with Crippen LogP contribution in [0.2, 0.25) is 5.02 Å². The zero-order valence-electron chi connectivity index (χ0n) is 16.6. The first-order valence-electron chi connectivity index (χ1n) is 9.27. The Hall–Kier alpha value is -3.90. The fourth-order valence-electron chi connectivity index (χ4n) is 2.55. The Morgan fingerprint density at radius 2 is 1.68 bits per heavy atom. The van der Waals surface area contributed by atoms with Gasteiger partial charge in [0, 0.05) is 16.7 Å². The van der Waals surface area contributed by atoms with Crippen LogP contribution in [0.3, 0.4) is 0 Å². The summed E-state index contributed by atoms with van der Waals surface area (Å²) in [6.45, 7) is 0. The van der Waals surface area contributed by atoms with Crippen LogP contribution in [0.25, 0.3) is 6.08 Å². The van der Waals surface area contributed by atoms with E-state index in [9.17, 15) is 9.59 Å². The second kappa shape index (κ2) is 10.8.